The van der Waals surface area contributed by atoms with Gasteiger partial charge >= 0.3 is 0 Å². The molecule has 0 spiro atoms. The number of hydrogen-bond donors (Lipinski definition) is 1. The molecule has 0 unspecified atom stereocenters. The predicted molar refractivity (Wildman–Crippen MR) is 179 cm³/mol. The number of fused-ring (bicyclic) bond motifs is 2. The molecule has 4 aromatic rings. The first kappa shape index (κ1) is 29.4. The van der Waals surface area contributed by atoms with Gasteiger partial charge in [0.1, 0.15) is 23.3 Å². The van der Waals surface area contributed by atoms with Crippen molar-refractivity contribution in [1.82, 2.24) is 4.58 Å². The Morgan fingerprint density at radius 3 is 2.20 bits per heavy atom. The lowest BCUT2D eigenvalue weighted by atomic mass is 9.93. The van der Waals surface area contributed by atoms with Crippen LogP contribution < -0.4 is 14.8 Å². The van der Waals surface area contributed by atoms with Gasteiger partial charge in [0, 0.05) is 64.3 Å². The average molecular weight is 604 g/mol. The summed E-state index contributed by atoms with van der Waals surface area (Å²) in [6.07, 6.45) is 0. The number of anilines is 2. The van der Waals surface area contributed by atoms with E-state index < -0.39 is 10.1 Å². The number of hydrogen-bond acceptors (Lipinski definition) is 4. The van der Waals surface area contributed by atoms with E-state index in [0.29, 0.717) is 22.5 Å². The molecule has 6 rings (SSSR count). The normalized spacial score (nSPS) is 12.5. The summed E-state index contributed by atoms with van der Waals surface area (Å²) in [7, 11) is -0.452. The van der Waals surface area contributed by atoms with Crippen molar-refractivity contribution in [3.05, 3.63) is 125 Å². The van der Waals surface area contributed by atoms with E-state index in [2.05, 4.69) is 61.4 Å². The Morgan fingerprint density at radius 1 is 0.750 bits per heavy atom. The quantitative estimate of drug-likeness (QED) is 0.122. The van der Waals surface area contributed by atoms with E-state index >= 15 is 0 Å². The van der Waals surface area contributed by atoms with Gasteiger partial charge in [-0.3, -0.25) is 4.55 Å². The molecule has 0 bridgehead atoms. The van der Waals surface area contributed by atoms with Gasteiger partial charge in [0.05, 0.1) is 6.07 Å². The second-order valence-corrected chi connectivity index (χ2v) is 12.8. The highest BCUT2D eigenvalue weighted by molar-refractivity contribution is 7.86. The Hall–Kier alpha value is -4.72. The Kier molecular flexibility index (Phi) is 7.40. The summed E-state index contributed by atoms with van der Waals surface area (Å²) >= 11 is 0. The molecule has 1 heterocycles. The van der Waals surface area contributed by atoms with E-state index in [9.17, 15) is 13.0 Å². The number of nitrogens with zero attached hydrogens (tertiary/aromatic N) is 2. The van der Waals surface area contributed by atoms with Crippen LogP contribution in [0.15, 0.2) is 106 Å². The third-order valence-corrected chi connectivity index (χ3v) is 9.68. The van der Waals surface area contributed by atoms with Gasteiger partial charge < -0.3 is 9.32 Å². The van der Waals surface area contributed by atoms with Gasteiger partial charge in [-0.15, -0.1) is 0 Å². The van der Waals surface area contributed by atoms with Crippen molar-refractivity contribution < 1.29 is 17.4 Å². The Bertz CT molecular complexity index is 2230. The van der Waals surface area contributed by atoms with Crippen molar-refractivity contribution in [2.24, 2.45) is 0 Å². The maximum Gasteiger partial charge on any atom is 0.295 e. The molecule has 0 saturated heterocycles. The molecule has 2 aliphatic rings. The average Bonchev–Trinajstić information content (AvgIpc) is 3.01. The van der Waals surface area contributed by atoms with Gasteiger partial charge in [0.15, 0.2) is 0 Å². The van der Waals surface area contributed by atoms with Crippen molar-refractivity contribution in [3.8, 4) is 22.5 Å². The van der Waals surface area contributed by atoms with Crippen LogP contribution in [0, 0.1) is 27.7 Å². The lowest BCUT2D eigenvalue weighted by Crippen LogP contribution is -2.22. The van der Waals surface area contributed by atoms with Crippen molar-refractivity contribution in [2.45, 2.75) is 32.6 Å². The lowest BCUT2D eigenvalue weighted by molar-refractivity contribution is 0.483. The maximum absolute atomic E-state index is 12.5. The molecule has 6 nitrogen and oxygen atoms in total. The van der Waals surface area contributed by atoms with Gasteiger partial charge in [0.25, 0.3) is 10.1 Å². The van der Waals surface area contributed by atoms with Crippen LogP contribution in [0.1, 0.15) is 22.3 Å². The summed E-state index contributed by atoms with van der Waals surface area (Å²) in [5.74, 6) is 0.596. The highest BCUT2D eigenvalue weighted by Crippen LogP contribution is 2.43. The molecule has 0 amide bonds. The fourth-order valence-corrected chi connectivity index (χ4v) is 6.65. The maximum atomic E-state index is 12.5. The van der Waals surface area contributed by atoms with Crippen molar-refractivity contribution >= 4 is 38.1 Å². The van der Waals surface area contributed by atoms with E-state index in [4.69, 9.17) is 4.42 Å². The monoisotopic (exact) mass is 603 g/mol. The largest absolute Gasteiger partial charge is 0.456 e. The molecule has 44 heavy (non-hydrogen) atoms. The zero-order chi connectivity index (χ0) is 31.3. The van der Waals surface area contributed by atoms with Crippen LogP contribution in [0.5, 0.6) is 0 Å². The Balaban J connectivity index is 1.67. The molecule has 222 valence electrons. The summed E-state index contributed by atoms with van der Waals surface area (Å²) in [5.41, 5.74) is 10.3. The van der Waals surface area contributed by atoms with Gasteiger partial charge in [-0.25, -0.2) is 0 Å². The molecule has 4 aromatic carbocycles. The van der Waals surface area contributed by atoms with Crippen LogP contribution in [0.2, 0.25) is 0 Å². The molecule has 0 saturated carbocycles. The first-order chi connectivity index (χ1) is 21.0. The summed E-state index contributed by atoms with van der Waals surface area (Å²) < 4.78 is 44.0. The summed E-state index contributed by atoms with van der Waals surface area (Å²) in [4.78, 5) is 1.97. The van der Waals surface area contributed by atoms with Crippen molar-refractivity contribution in [3.63, 3.8) is 0 Å². The van der Waals surface area contributed by atoms with Crippen LogP contribution in [0.25, 0.3) is 33.4 Å². The zero-order valence-electron chi connectivity index (χ0n) is 25.7. The second kappa shape index (κ2) is 11.1. The topological polar surface area (TPSA) is 73.8 Å². The molecular formula is C37H35N2O4S+. The van der Waals surface area contributed by atoms with Crippen LogP contribution in [0.4, 0.5) is 17.1 Å². The zero-order valence-corrected chi connectivity index (χ0v) is 26.5. The smallest absolute Gasteiger partial charge is 0.295 e. The van der Waals surface area contributed by atoms with Crippen molar-refractivity contribution in [1.29, 1.82) is 0 Å². The number of benzene rings is 5. The Labute approximate surface area is 258 Å². The third kappa shape index (κ3) is 5.08. The fraction of sp³-hybridized carbons (Fsp3) is 0.162. The molecule has 0 radical (unpaired) electrons. The molecule has 0 aromatic heterocycles. The molecule has 1 aliphatic carbocycles. The van der Waals surface area contributed by atoms with Crippen LogP contribution in [-0.4, -0.2) is 27.1 Å². The van der Waals surface area contributed by atoms with Crippen LogP contribution in [-0.2, 0) is 10.1 Å². The van der Waals surface area contributed by atoms with Gasteiger partial charge in [0.2, 0.25) is 11.0 Å². The van der Waals surface area contributed by atoms with E-state index in [1.54, 1.807) is 18.2 Å². The predicted octanol–water partition coefficient (Wildman–Crippen LogP) is 8.19. The van der Waals surface area contributed by atoms with Crippen LogP contribution in [0.3, 0.4) is 0 Å². The highest BCUT2D eigenvalue weighted by Gasteiger charge is 2.24. The summed E-state index contributed by atoms with van der Waals surface area (Å²) in [6.45, 7) is 8.41. The molecular weight excluding hydrogens is 568 g/mol. The molecule has 7 heteroatoms. The highest BCUT2D eigenvalue weighted by atomic mass is 32.2. The fourth-order valence-electron chi connectivity index (χ4n) is 5.95. The summed E-state index contributed by atoms with van der Waals surface area (Å²) in [5, 5.41) is 1.66. The molecule has 0 atom stereocenters. The van der Waals surface area contributed by atoms with E-state index in [1.165, 1.54) is 28.3 Å². The van der Waals surface area contributed by atoms with E-state index in [1.807, 2.05) is 62.6 Å². The van der Waals surface area contributed by atoms with E-state index in [0.717, 1.165) is 33.4 Å². The molecule has 0 fully saturated rings. The minimum absolute atomic E-state index is 0.151. The minimum Gasteiger partial charge on any atom is -0.456 e. The first-order valence-corrected chi connectivity index (χ1v) is 15.9. The van der Waals surface area contributed by atoms with Gasteiger partial charge in [-0.1, -0.05) is 42.5 Å². The van der Waals surface area contributed by atoms with Gasteiger partial charge in [-0.2, -0.15) is 13.0 Å². The van der Waals surface area contributed by atoms with Crippen molar-refractivity contribution in [2.75, 3.05) is 19.0 Å². The molecule has 1 N–H and O–H groups in total. The van der Waals surface area contributed by atoms with Crippen LogP contribution >= 0.6 is 0 Å². The minimum atomic E-state index is -4.50. The number of rotatable bonds is 5. The summed E-state index contributed by atoms with van der Waals surface area (Å²) in [6, 6.07) is 30.9. The Morgan fingerprint density at radius 2 is 1.45 bits per heavy atom. The van der Waals surface area contributed by atoms with Gasteiger partial charge in [-0.05, 0) is 74.7 Å². The lowest BCUT2D eigenvalue weighted by Gasteiger charge is -2.24. The molecule has 1 aliphatic heterocycles. The third-order valence-electron chi connectivity index (χ3n) is 8.77. The van der Waals surface area contributed by atoms with E-state index in [-0.39, 0.29) is 4.90 Å². The number of aryl methyl sites for hydroxylation is 2. The first-order valence-electron chi connectivity index (χ1n) is 14.5. The standard InChI is InChI=1S/C37H34N2O4S/c1-23-11-9-14-32(25(23)3)38(5)27-17-19-29-34(21-27)43-35-22-28(39(6)33-15-10-12-24(2)26(33)4)18-20-30(35)37(29)31-13-7-8-16-36(31)44(40,41)42/h7-22H,1-6H3/p+1. The second-order valence-electron chi connectivity index (χ2n) is 11.4. The SMILES string of the molecule is Cc1cccc(N(C)c2ccc3c(-c4ccccc4S(=O)(=O)O)c4ccc(=[N+](C)c5cccc(C)c5C)cc-4oc3c2)c1C.